The van der Waals surface area contributed by atoms with Gasteiger partial charge in [0, 0.05) is 45.8 Å². The van der Waals surface area contributed by atoms with Crippen LogP contribution in [-0.2, 0) is 16.1 Å². The van der Waals surface area contributed by atoms with Gasteiger partial charge in [-0.15, -0.1) is 0 Å². The van der Waals surface area contributed by atoms with Crippen LogP contribution in [0.25, 0.3) is 10.8 Å². The highest BCUT2D eigenvalue weighted by Crippen LogP contribution is 2.21. The molecule has 25 heavy (non-hydrogen) atoms. The third kappa shape index (κ3) is 3.86. The summed E-state index contributed by atoms with van der Waals surface area (Å²) in [6.07, 6.45) is 1.78. The van der Waals surface area contributed by atoms with E-state index < -0.39 is 0 Å². The Morgan fingerprint density at radius 1 is 1.04 bits per heavy atom. The van der Waals surface area contributed by atoms with Crippen molar-refractivity contribution in [2.24, 2.45) is 5.92 Å². The molecule has 2 aromatic carbocycles. The summed E-state index contributed by atoms with van der Waals surface area (Å²) in [7, 11) is 0. The summed E-state index contributed by atoms with van der Waals surface area (Å²) in [6, 6.07) is 14.8. The molecule has 1 atom stereocenters. The van der Waals surface area contributed by atoms with Crippen molar-refractivity contribution in [2.75, 3.05) is 39.4 Å². The Labute approximate surface area is 149 Å². The Balaban J connectivity index is 1.44. The van der Waals surface area contributed by atoms with Gasteiger partial charge in [0.2, 0.25) is 5.91 Å². The van der Waals surface area contributed by atoms with E-state index >= 15 is 0 Å². The molecule has 132 valence electrons. The van der Waals surface area contributed by atoms with Gasteiger partial charge in [0.25, 0.3) is 0 Å². The Hall–Kier alpha value is -1.91. The minimum Gasteiger partial charge on any atom is -0.381 e. The number of fused-ring (bicyclic) bond motifs is 1. The molecule has 0 saturated carbocycles. The zero-order chi connectivity index (χ0) is 17.1. The molecular weight excluding hydrogens is 312 g/mol. The lowest BCUT2D eigenvalue weighted by Crippen LogP contribution is -2.34. The molecule has 0 aromatic heterocycles. The van der Waals surface area contributed by atoms with Crippen molar-refractivity contribution in [3.8, 4) is 0 Å². The Bertz CT molecular complexity index is 734. The third-order valence-corrected chi connectivity index (χ3v) is 5.46. The van der Waals surface area contributed by atoms with Crippen LogP contribution in [0.5, 0.6) is 0 Å². The van der Waals surface area contributed by atoms with Gasteiger partial charge in [-0.3, -0.25) is 4.79 Å². The summed E-state index contributed by atoms with van der Waals surface area (Å²) < 4.78 is 5.49. The Morgan fingerprint density at radius 2 is 1.92 bits per heavy atom. The van der Waals surface area contributed by atoms with Crippen LogP contribution in [0.1, 0.15) is 18.4 Å². The molecule has 2 heterocycles. The monoisotopic (exact) mass is 338 g/mol. The molecule has 4 heteroatoms. The van der Waals surface area contributed by atoms with Crippen LogP contribution in [-0.4, -0.2) is 55.1 Å². The van der Waals surface area contributed by atoms with E-state index in [2.05, 4.69) is 47.4 Å². The van der Waals surface area contributed by atoms with E-state index in [4.69, 9.17) is 4.74 Å². The van der Waals surface area contributed by atoms with Crippen LogP contribution in [0.4, 0.5) is 0 Å². The van der Waals surface area contributed by atoms with Crippen LogP contribution in [0.15, 0.2) is 42.5 Å². The van der Waals surface area contributed by atoms with Crippen molar-refractivity contribution in [3.05, 3.63) is 48.0 Å². The van der Waals surface area contributed by atoms with Crippen molar-refractivity contribution in [2.45, 2.75) is 19.4 Å². The molecule has 2 fully saturated rings. The van der Waals surface area contributed by atoms with Crippen molar-refractivity contribution in [1.82, 2.24) is 9.80 Å². The highest BCUT2D eigenvalue weighted by molar-refractivity contribution is 5.86. The molecule has 1 amide bonds. The van der Waals surface area contributed by atoms with Crippen molar-refractivity contribution < 1.29 is 9.53 Å². The number of nitrogens with zero attached hydrogens (tertiary/aromatic N) is 2. The fourth-order valence-electron chi connectivity index (χ4n) is 3.99. The number of benzene rings is 2. The molecule has 4 nitrogen and oxygen atoms in total. The molecule has 0 spiro atoms. The van der Waals surface area contributed by atoms with Crippen molar-refractivity contribution in [3.63, 3.8) is 0 Å². The van der Waals surface area contributed by atoms with Crippen molar-refractivity contribution >= 4 is 16.7 Å². The van der Waals surface area contributed by atoms with E-state index in [1.54, 1.807) is 0 Å². The second-order valence-corrected chi connectivity index (χ2v) is 7.23. The fourth-order valence-corrected chi connectivity index (χ4v) is 3.99. The number of carbonyl (C=O) groups excluding carboxylic acids is 1. The zero-order valence-electron chi connectivity index (χ0n) is 14.7. The van der Waals surface area contributed by atoms with E-state index in [-0.39, 0.29) is 5.91 Å². The van der Waals surface area contributed by atoms with Gasteiger partial charge in [0.05, 0.1) is 6.61 Å². The summed E-state index contributed by atoms with van der Waals surface area (Å²) in [4.78, 5) is 17.1. The van der Waals surface area contributed by atoms with Crippen molar-refractivity contribution in [1.29, 1.82) is 0 Å². The summed E-state index contributed by atoms with van der Waals surface area (Å²) in [6.45, 7) is 6.20. The largest absolute Gasteiger partial charge is 0.381 e. The Kier molecular flexibility index (Phi) is 4.99. The molecule has 2 aromatic rings. The molecular formula is C21H26N2O2. The van der Waals surface area contributed by atoms with Crippen LogP contribution in [0.3, 0.4) is 0 Å². The average molecular weight is 338 g/mol. The summed E-state index contributed by atoms with van der Waals surface area (Å²) in [5.41, 5.74) is 1.24. The standard InChI is InChI=1S/C21H26N2O2/c24-21-8-10-22(14-17-9-13-25-16-17)11-12-23(21)15-19-6-3-5-18-4-1-2-7-20(18)19/h1-7,17H,8-16H2. The maximum atomic E-state index is 12.6. The van der Waals surface area contributed by atoms with E-state index in [1.165, 1.54) is 16.3 Å². The summed E-state index contributed by atoms with van der Waals surface area (Å²) in [5, 5.41) is 2.49. The van der Waals surface area contributed by atoms with Crippen LogP contribution >= 0.6 is 0 Å². The number of amides is 1. The van der Waals surface area contributed by atoms with Gasteiger partial charge in [0.1, 0.15) is 0 Å². The van der Waals surface area contributed by atoms with Gasteiger partial charge in [-0.2, -0.15) is 0 Å². The lowest BCUT2D eigenvalue weighted by molar-refractivity contribution is -0.130. The topological polar surface area (TPSA) is 32.8 Å². The number of ether oxygens (including phenoxy) is 1. The molecule has 4 rings (SSSR count). The number of hydrogen-bond donors (Lipinski definition) is 0. The minimum absolute atomic E-state index is 0.276. The number of hydrogen-bond acceptors (Lipinski definition) is 3. The van der Waals surface area contributed by atoms with E-state index in [9.17, 15) is 4.79 Å². The molecule has 2 aliphatic rings. The average Bonchev–Trinajstić information content (AvgIpc) is 3.09. The highest BCUT2D eigenvalue weighted by atomic mass is 16.5. The van der Waals surface area contributed by atoms with E-state index in [1.807, 2.05) is 4.90 Å². The molecule has 2 aliphatic heterocycles. The molecule has 1 unspecified atom stereocenters. The van der Waals surface area contributed by atoms with Gasteiger partial charge in [-0.25, -0.2) is 0 Å². The predicted molar refractivity (Wildman–Crippen MR) is 99.3 cm³/mol. The van der Waals surface area contributed by atoms with Gasteiger partial charge < -0.3 is 14.5 Å². The van der Waals surface area contributed by atoms with Crippen LogP contribution in [0.2, 0.25) is 0 Å². The second kappa shape index (κ2) is 7.54. The third-order valence-electron chi connectivity index (χ3n) is 5.46. The maximum absolute atomic E-state index is 12.6. The predicted octanol–water partition coefficient (Wildman–Crippen LogP) is 2.91. The first-order chi connectivity index (χ1) is 12.3. The quantitative estimate of drug-likeness (QED) is 0.859. The smallest absolute Gasteiger partial charge is 0.224 e. The SMILES string of the molecule is O=C1CCN(CC2CCOC2)CCN1Cc1cccc2ccccc12. The zero-order valence-corrected chi connectivity index (χ0v) is 14.7. The molecule has 0 aliphatic carbocycles. The van der Waals surface area contributed by atoms with Gasteiger partial charge in [0.15, 0.2) is 0 Å². The van der Waals surface area contributed by atoms with Gasteiger partial charge >= 0.3 is 0 Å². The molecule has 0 bridgehead atoms. The lowest BCUT2D eigenvalue weighted by Gasteiger charge is -2.24. The first-order valence-electron chi connectivity index (χ1n) is 9.34. The Morgan fingerprint density at radius 3 is 2.80 bits per heavy atom. The minimum atomic E-state index is 0.276. The fraction of sp³-hybridized carbons (Fsp3) is 0.476. The number of carbonyl (C=O) groups is 1. The molecule has 2 saturated heterocycles. The lowest BCUT2D eigenvalue weighted by atomic mass is 10.0. The van der Waals surface area contributed by atoms with E-state index in [0.29, 0.717) is 18.9 Å². The van der Waals surface area contributed by atoms with Crippen LogP contribution in [0, 0.1) is 5.92 Å². The second-order valence-electron chi connectivity index (χ2n) is 7.23. The van der Waals surface area contributed by atoms with Gasteiger partial charge in [-0.1, -0.05) is 42.5 Å². The number of rotatable bonds is 4. The normalized spacial score (nSPS) is 22.5. The first-order valence-corrected chi connectivity index (χ1v) is 9.34. The summed E-state index contributed by atoms with van der Waals surface area (Å²) >= 11 is 0. The van der Waals surface area contributed by atoms with Crippen LogP contribution < -0.4 is 0 Å². The van der Waals surface area contributed by atoms with Gasteiger partial charge in [-0.05, 0) is 28.7 Å². The molecule has 0 radical (unpaired) electrons. The highest BCUT2D eigenvalue weighted by Gasteiger charge is 2.24. The van der Waals surface area contributed by atoms with E-state index in [0.717, 1.165) is 45.8 Å². The first kappa shape index (κ1) is 16.6. The molecule has 0 N–H and O–H groups in total. The maximum Gasteiger partial charge on any atom is 0.224 e. The summed E-state index contributed by atoms with van der Waals surface area (Å²) in [5.74, 6) is 0.915.